The summed E-state index contributed by atoms with van der Waals surface area (Å²) < 4.78 is 26.8. The molecule has 2 amide bonds. The standard InChI is InChI=1S/C19H22ClN3O3S/c20-17-7-4-8-18(15-17)27(25,26)23-13-11-22(12-14-23)19(24)21-10-9-16-5-2-1-3-6-16/h1-8,15H,9-14H2,(H,21,24). The molecule has 1 aliphatic heterocycles. The molecule has 0 unspecified atom stereocenters. The molecule has 0 radical (unpaired) electrons. The number of sulfonamides is 1. The van der Waals surface area contributed by atoms with Crippen LogP contribution in [0, 0.1) is 0 Å². The SMILES string of the molecule is O=C(NCCc1ccccc1)N1CCN(S(=O)(=O)c2cccc(Cl)c2)CC1. The van der Waals surface area contributed by atoms with Crippen LogP contribution in [0.3, 0.4) is 0 Å². The van der Waals surface area contributed by atoms with Crippen LogP contribution >= 0.6 is 11.6 Å². The maximum Gasteiger partial charge on any atom is 0.317 e. The molecule has 3 rings (SSSR count). The highest BCUT2D eigenvalue weighted by Gasteiger charge is 2.30. The summed E-state index contributed by atoms with van der Waals surface area (Å²) in [6.07, 6.45) is 0.760. The number of hydrogen-bond donors (Lipinski definition) is 1. The lowest BCUT2D eigenvalue weighted by Crippen LogP contribution is -2.53. The first-order chi connectivity index (χ1) is 13.0. The van der Waals surface area contributed by atoms with Gasteiger partial charge in [-0.05, 0) is 30.2 Å². The van der Waals surface area contributed by atoms with E-state index in [4.69, 9.17) is 11.6 Å². The van der Waals surface area contributed by atoms with E-state index < -0.39 is 10.0 Å². The molecule has 0 aromatic heterocycles. The first-order valence-corrected chi connectivity index (χ1v) is 10.6. The lowest BCUT2D eigenvalue weighted by Gasteiger charge is -2.34. The zero-order valence-corrected chi connectivity index (χ0v) is 16.4. The van der Waals surface area contributed by atoms with Crippen molar-refractivity contribution in [2.75, 3.05) is 32.7 Å². The Bertz CT molecular complexity index is 882. The first kappa shape index (κ1) is 19.7. The van der Waals surface area contributed by atoms with Gasteiger partial charge in [-0.2, -0.15) is 4.31 Å². The predicted octanol–water partition coefficient (Wildman–Crippen LogP) is 2.60. The molecule has 0 saturated carbocycles. The molecule has 6 nitrogen and oxygen atoms in total. The summed E-state index contributed by atoms with van der Waals surface area (Å²) in [7, 11) is -3.60. The summed E-state index contributed by atoms with van der Waals surface area (Å²) in [5.74, 6) is 0. The van der Waals surface area contributed by atoms with Crippen molar-refractivity contribution in [2.24, 2.45) is 0 Å². The fourth-order valence-electron chi connectivity index (χ4n) is 2.98. The topological polar surface area (TPSA) is 69.7 Å². The van der Waals surface area contributed by atoms with Gasteiger partial charge in [0.25, 0.3) is 0 Å². The molecule has 144 valence electrons. The maximum atomic E-state index is 12.7. The number of urea groups is 1. The third-order valence-corrected chi connectivity index (χ3v) is 6.62. The molecular formula is C19H22ClN3O3S. The third-order valence-electron chi connectivity index (χ3n) is 4.49. The van der Waals surface area contributed by atoms with Crippen molar-refractivity contribution < 1.29 is 13.2 Å². The summed E-state index contributed by atoms with van der Waals surface area (Å²) >= 11 is 5.90. The molecule has 0 aliphatic carbocycles. The zero-order chi connectivity index (χ0) is 19.3. The minimum Gasteiger partial charge on any atom is -0.338 e. The van der Waals surface area contributed by atoms with Crippen LogP contribution < -0.4 is 5.32 Å². The summed E-state index contributed by atoms with van der Waals surface area (Å²) in [4.78, 5) is 14.1. The number of benzene rings is 2. The summed E-state index contributed by atoms with van der Waals surface area (Å²) in [5.41, 5.74) is 1.16. The molecule has 0 atom stereocenters. The molecule has 0 spiro atoms. The average Bonchev–Trinajstić information content (AvgIpc) is 2.69. The zero-order valence-electron chi connectivity index (χ0n) is 14.8. The molecule has 2 aromatic rings. The summed E-state index contributed by atoms with van der Waals surface area (Å²) in [6, 6.07) is 16.0. The molecule has 27 heavy (non-hydrogen) atoms. The van der Waals surface area contributed by atoms with E-state index in [0.717, 1.165) is 12.0 Å². The molecule has 0 bridgehead atoms. The number of nitrogens with zero attached hydrogens (tertiary/aromatic N) is 2. The Morgan fingerprint density at radius 2 is 1.70 bits per heavy atom. The molecule has 1 heterocycles. The van der Waals surface area contributed by atoms with E-state index >= 15 is 0 Å². The molecule has 8 heteroatoms. The van der Waals surface area contributed by atoms with E-state index in [0.29, 0.717) is 24.7 Å². The number of carbonyl (C=O) groups excluding carboxylic acids is 1. The summed E-state index contributed by atoms with van der Waals surface area (Å²) in [5, 5.41) is 3.28. The Morgan fingerprint density at radius 1 is 1.00 bits per heavy atom. The van der Waals surface area contributed by atoms with Crippen LogP contribution in [0.4, 0.5) is 4.79 Å². The van der Waals surface area contributed by atoms with Crippen LogP contribution in [0.2, 0.25) is 5.02 Å². The molecule has 1 N–H and O–H groups in total. The van der Waals surface area contributed by atoms with E-state index in [1.54, 1.807) is 17.0 Å². The number of hydrogen-bond acceptors (Lipinski definition) is 3. The highest BCUT2D eigenvalue weighted by molar-refractivity contribution is 7.89. The number of amides is 2. The summed E-state index contributed by atoms with van der Waals surface area (Å²) in [6.45, 7) is 1.79. The smallest absolute Gasteiger partial charge is 0.317 e. The molecule has 1 aliphatic rings. The van der Waals surface area contributed by atoms with Crippen LogP contribution in [0.5, 0.6) is 0 Å². The number of nitrogens with one attached hydrogen (secondary N) is 1. The Hall–Kier alpha value is -2.09. The predicted molar refractivity (Wildman–Crippen MR) is 105 cm³/mol. The van der Waals surface area contributed by atoms with Crippen molar-refractivity contribution >= 4 is 27.7 Å². The largest absolute Gasteiger partial charge is 0.338 e. The van der Waals surface area contributed by atoms with Gasteiger partial charge in [0.05, 0.1) is 4.90 Å². The van der Waals surface area contributed by atoms with Gasteiger partial charge >= 0.3 is 6.03 Å². The number of carbonyl (C=O) groups is 1. The van der Waals surface area contributed by atoms with Crippen LogP contribution in [0.15, 0.2) is 59.5 Å². The minimum atomic E-state index is -3.60. The van der Waals surface area contributed by atoms with Crippen LogP contribution in [0.25, 0.3) is 0 Å². The second kappa shape index (κ2) is 8.73. The van der Waals surface area contributed by atoms with E-state index in [1.165, 1.54) is 16.4 Å². The number of rotatable bonds is 5. The van der Waals surface area contributed by atoms with Gasteiger partial charge in [0.1, 0.15) is 0 Å². The van der Waals surface area contributed by atoms with Crippen molar-refractivity contribution in [3.63, 3.8) is 0 Å². The van der Waals surface area contributed by atoms with Crippen LogP contribution in [-0.4, -0.2) is 56.4 Å². The molecular weight excluding hydrogens is 386 g/mol. The quantitative estimate of drug-likeness (QED) is 0.828. The highest BCUT2D eigenvalue weighted by Crippen LogP contribution is 2.20. The van der Waals surface area contributed by atoms with Gasteiger partial charge in [0, 0.05) is 37.7 Å². The highest BCUT2D eigenvalue weighted by atomic mass is 35.5. The molecule has 2 aromatic carbocycles. The first-order valence-electron chi connectivity index (χ1n) is 8.79. The van der Waals surface area contributed by atoms with Crippen molar-refractivity contribution in [2.45, 2.75) is 11.3 Å². The van der Waals surface area contributed by atoms with Crippen molar-refractivity contribution in [1.29, 1.82) is 0 Å². The van der Waals surface area contributed by atoms with Crippen molar-refractivity contribution in [1.82, 2.24) is 14.5 Å². The monoisotopic (exact) mass is 407 g/mol. The van der Waals surface area contributed by atoms with Gasteiger partial charge in [-0.1, -0.05) is 48.0 Å². The van der Waals surface area contributed by atoms with Gasteiger partial charge in [-0.3, -0.25) is 0 Å². The van der Waals surface area contributed by atoms with E-state index in [2.05, 4.69) is 5.32 Å². The van der Waals surface area contributed by atoms with E-state index in [1.807, 2.05) is 30.3 Å². The normalized spacial score (nSPS) is 15.5. The fraction of sp³-hybridized carbons (Fsp3) is 0.316. The van der Waals surface area contributed by atoms with E-state index in [9.17, 15) is 13.2 Å². The lowest BCUT2D eigenvalue weighted by molar-refractivity contribution is 0.172. The van der Waals surface area contributed by atoms with Gasteiger partial charge < -0.3 is 10.2 Å². The Kier molecular flexibility index (Phi) is 6.36. The average molecular weight is 408 g/mol. The van der Waals surface area contributed by atoms with Gasteiger partial charge in [0.15, 0.2) is 0 Å². The van der Waals surface area contributed by atoms with Gasteiger partial charge in [-0.15, -0.1) is 0 Å². The maximum absolute atomic E-state index is 12.7. The number of piperazine rings is 1. The third kappa shape index (κ3) is 5.00. The Labute approximate surface area is 164 Å². The second-order valence-electron chi connectivity index (χ2n) is 6.32. The molecule has 1 fully saturated rings. The second-order valence-corrected chi connectivity index (χ2v) is 8.69. The Balaban J connectivity index is 1.50. The minimum absolute atomic E-state index is 0.161. The van der Waals surface area contributed by atoms with Gasteiger partial charge in [0.2, 0.25) is 10.0 Å². The lowest BCUT2D eigenvalue weighted by atomic mass is 10.1. The van der Waals surface area contributed by atoms with Gasteiger partial charge in [-0.25, -0.2) is 13.2 Å². The molecule has 1 saturated heterocycles. The van der Waals surface area contributed by atoms with E-state index in [-0.39, 0.29) is 24.0 Å². The van der Waals surface area contributed by atoms with Crippen LogP contribution in [0.1, 0.15) is 5.56 Å². The van der Waals surface area contributed by atoms with Crippen molar-refractivity contribution in [3.05, 3.63) is 65.2 Å². The Morgan fingerprint density at radius 3 is 2.37 bits per heavy atom. The fourth-order valence-corrected chi connectivity index (χ4v) is 4.70. The number of halogens is 1. The van der Waals surface area contributed by atoms with Crippen molar-refractivity contribution in [3.8, 4) is 0 Å². The van der Waals surface area contributed by atoms with Crippen LogP contribution in [-0.2, 0) is 16.4 Å².